The summed E-state index contributed by atoms with van der Waals surface area (Å²) >= 11 is 0. The molecule has 21 heavy (non-hydrogen) atoms. The van der Waals surface area contributed by atoms with Crippen molar-refractivity contribution in [2.75, 3.05) is 13.7 Å². The molecule has 0 saturated carbocycles. The Morgan fingerprint density at radius 2 is 1.81 bits per heavy atom. The van der Waals surface area contributed by atoms with Gasteiger partial charge in [0.2, 0.25) is 10.0 Å². The maximum atomic E-state index is 12.1. The predicted molar refractivity (Wildman–Crippen MR) is 78.8 cm³/mol. The molecule has 2 N–H and O–H groups in total. The van der Waals surface area contributed by atoms with E-state index < -0.39 is 22.1 Å². The fourth-order valence-electron chi connectivity index (χ4n) is 1.67. The second-order valence-electron chi connectivity index (χ2n) is 5.69. The van der Waals surface area contributed by atoms with E-state index in [2.05, 4.69) is 9.46 Å². The molecule has 0 radical (unpaired) electrons. The highest BCUT2D eigenvalue weighted by molar-refractivity contribution is 7.89. The Morgan fingerprint density at radius 3 is 2.19 bits per heavy atom. The van der Waals surface area contributed by atoms with Gasteiger partial charge in [0.05, 0.1) is 4.90 Å². The van der Waals surface area contributed by atoms with Crippen LogP contribution >= 0.6 is 0 Å². The average molecular weight is 315 g/mol. The van der Waals surface area contributed by atoms with Gasteiger partial charge in [-0.05, 0) is 23.1 Å². The minimum Gasteiger partial charge on any atom is -0.479 e. The molecule has 1 rings (SSSR count). The third-order valence-corrected chi connectivity index (χ3v) is 4.49. The lowest BCUT2D eigenvalue weighted by molar-refractivity contribution is -0.147. The average Bonchev–Trinajstić information content (AvgIpc) is 2.38. The second-order valence-corrected chi connectivity index (χ2v) is 7.46. The van der Waals surface area contributed by atoms with Crippen molar-refractivity contribution in [2.24, 2.45) is 0 Å². The van der Waals surface area contributed by atoms with Crippen LogP contribution in [0.5, 0.6) is 0 Å². The predicted octanol–water partition coefficient (Wildman–Crippen LogP) is 1.36. The number of rotatable bonds is 6. The monoisotopic (exact) mass is 315 g/mol. The third-order valence-electron chi connectivity index (χ3n) is 3.05. The summed E-state index contributed by atoms with van der Waals surface area (Å²) < 4.78 is 31.1. The van der Waals surface area contributed by atoms with Crippen molar-refractivity contribution < 1.29 is 23.1 Å². The number of aliphatic carboxylic acids is 1. The van der Waals surface area contributed by atoms with Gasteiger partial charge in [-0.15, -0.1) is 0 Å². The molecule has 1 unspecified atom stereocenters. The van der Waals surface area contributed by atoms with E-state index in [0.29, 0.717) is 0 Å². The molecule has 0 heterocycles. The van der Waals surface area contributed by atoms with Crippen LogP contribution in [0.15, 0.2) is 29.2 Å². The first-order chi connectivity index (χ1) is 9.58. The summed E-state index contributed by atoms with van der Waals surface area (Å²) in [5, 5.41) is 8.81. The third kappa shape index (κ3) is 4.80. The van der Waals surface area contributed by atoms with Gasteiger partial charge in [-0.3, -0.25) is 0 Å². The van der Waals surface area contributed by atoms with Crippen LogP contribution in [-0.2, 0) is 25.0 Å². The first-order valence-corrected chi connectivity index (χ1v) is 7.92. The summed E-state index contributed by atoms with van der Waals surface area (Å²) in [7, 11) is -2.54. The van der Waals surface area contributed by atoms with Crippen molar-refractivity contribution in [3.05, 3.63) is 29.8 Å². The van der Waals surface area contributed by atoms with Crippen LogP contribution in [0.2, 0.25) is 0 Å². The number of carboxylic acids is 1. The number of hydrogen-bond acceptors (Lipinski definition) is 4. The first-order valence-electron chi connectivity index (χ1n) is 6.44. The topological polar surface area (TPSA) is 92.7 Å². The van der Waals surface area contributed by atoms with Gasteiger partial charge in [0.1, 0.15) is 0 Å². The first kappa shape index (κ1) is 17.6. The van der Waals surface area contributed by atoms with Crippen LogP contribution in [0.4, 0.5) is 0 Å². The van der Waals surface area contributed by atoms with Crippen LogP contribution in [0.25, 0.3) is 0 Å². The molecule has 1 aromatic carbocycles. The molecule has 0 saturated heterocycles. The van der Waals surface area contributed by atoms with Gasteiger partial charge in [-0.2, -0.15) is 0 Å². The molecule has 0 aromatic heterocycles. The molecular weight excluding hydrogens is 294 g/mol. The number of nitrogens with one attached hydrogen (secondary N) is 1. The number of carboxylic acid groups (broad SMARTS) is 1. The summed E-state index contributed by atoms with van der Waals surface area (Å²) in [6.07, 6.45) is -1.21. The maximum absolute atomic E-state index is 12.1. The van der Waals surface area contributed by atoms with E-state index in [1.807, 2.05) is 20.8 Å². The Balaban J connectivity index is 2.86. The summed E-state index contributed by atoms with van der Waals surface area (Å²) in [6.45, 7) is 5.77. The van der Waals surface area contributed by atoms with Crippen LogP contribution in [-0.4, -0.2) is 39.3 Å². The number of carbonyl (C=O) groups is 1. The minimum atomic E-state index is -3.75. The highest BCUT2D eigenvalue weighted by atomic mass is 32.2. The molecule has 0 aliphatic carbocycles. The molecule has 6 nitrogen and oxygen atoms in total. The van der Waals surface area contributed by atoms with E-state index in [9.17, 15) is 13.2 Å². The highest BCUT2D eigenvalue weighted by Gasteiger charge is 2.22. The van der Waals surface area contributed by atoms with E-state index in [0.717, 1.165) is 5.56 Å². The van der Waals surface area contributed by atoms with E-state index in [-0.39, 0.29) is 16.9 Å². The van der Waals surface area contributed by atoms with E-state index in [4.69, 9.17) is 5.11 Å². The van der Waals surface area contributed by atoms with Crippen LogP contribution < -0.4 is 4.72 Å². The van der Waals surface area contributed by atoms with E-state index >= 15 is 0 Å². The van der Waals surface area contributed by atoms with Crippen LogP contribution in [0.1, 0.15) is 26.3 Å². The van der Waals surface area contributed by atoms with Gasteiger partial charge < -0.3 is 9.84 Å². The lowest BCUT2D eigenvalue weighted by atomic mass is 9.87. The van der Waals surface area contributed by atoms with Gasteiger partial charge in [0, 0.05) is 13.7 Å². The fourth-order valence-corrected chi connectivity index (χ4v) is 2.71. The number of sulfonamides is 1. The second kappa shape index (κ2) is 6.55. The molecule has 0 amide bonds. The number of benzene rings is 1. The zero-order chi connectivity index (χ0) is 16.3. The summed E-state index contributed by atoms with van der Waals surface area (Å²) in [4.78, 5) is 10.9. The van der Waals surface area contributed by atoms with Gasteiger partial charge >= 0.3 is 5.97 Å². The van der Waals surface area contributed by atoms with Crippen molar-refractivity contribution >= 4 is 16.0 Å². The Bertz CT molecular complexity index is 587. The summed E-state index contributed by atoms with van der Waals surface area (Å²) in [6, 6.07) is 6.51. The van der Waals surface area contributed by atoms with Crippen molar-refractivity contribution in [1.29, 1.82) is 0 Å². The van der Waals surface area contributed by atoms with Gasteiger partial charge in [0.15, 0.2) is 6.10 Å². The summed E-state index contributed by atoms with van der Waals surface area (Å²) in [5.41, 5.74) is 0.946. The molecule has 0 fully saturated rings. The zero-order valence-corrected chi connectivity index (χ0v) is 13.4. The fraction of sp³-hybridized carbons (Fsp3) is 0.500. The number of ether oxygens (including phenoxy) is 1. The van der Waals surface area contributed by atoms with Crippen molar-refractivity contribution in [3.63, 3.8) is 0 Å². The van der Waals surface area contributed by atoms with Gasteiger partial charge in [-0.1, -0.05) is 32.9 Å². The molecule has 118 valence electrons. The minimum absolute atomic E-state index is 0.0693. The van der Waals surface area contributed by atoms with Crippen molar-refractivity contribution in [1.82, 2.24) is 4.72 Å². The number of hydrogen-bond donors (Lipinski definition) is 2. The normalized spacial score (nSPS) is 13.9. The maximum Gasteiger partial charge on any atom is 0.334 e. The standard InChI is InChI=1S/C14H21NO5S/c1-14(2,3)10-5-7-11(8-6-10)21(18,19)15-9-12(20-4)13(16)17/h5-8,12,15H,9H2,1-4H3,(H,16,17). The lowest BCUT2D eigenvalue weighted by Crippen LogP contribution is -2.37. The Labute approximate surface area is 125 Å². The molecule has 0 spiro atoms. The molecule has 1 aromatic rings. The van der Waals surface area contributed by atoms with E-state index in [1.165, 1.54) is 19.2 Å². The molecule has 7 heteroatoms. The zero-order valence-electron chi connectivity index (χ0n) is 12.6. The highest BCUT2D eigenvalue weighted by Crippen LogP contribution is 2.23. The molecule has 0 bridgehead atoms. The summed E-state index contributed by atoms with van der Waals surface area (Å²) in [5.74, 6) is -1.22. The SMILES string of the molecule is COC(CNS(=O)(=O)c1ccc(C(C)(C)C)cc1)C(=O)O. The van der Waals surface area contributed by atoms with Gasteiger partial charge in [-0.25, -0.2) is 17.9 Å². The Kier molecular flexibility index (Phi) is 5.49. The Morgan fingerprint density at radius 1 is 1.29 bits per heavy atom. The smallest absolute Gasteiger partial charge is 0.334 e. The quantitative estimate of drug-likeness (QED) is 0.827. The molecule has 0 aliphatic heterocycles. The van der Waals surface area contributed by atoms with E-state index in [1.54, 1.807) is 12.1 Å². The van der Waals surface area contributed by atoms with Crippen molar-refractivity contribution in [3.8, 4) is 0 Å². The van der Waals surface area contributed by atoms with Crippen LogP contribution in [0, 0.1) is 0 Å². The number of methoxy groups -OCH3 is 1. The Hall–Kier alpha value is -1.44. The molecular formula is C14H21NO5S. The van der Waals surface area contributed by atoms with Crippen molar-refractivity contribution in [2.45, 2.75) is 37.2 Å². The van der Waals surface area contributed by atoms with Crippen LogP contribution in [0.3, 0.4) is 0 Å². The largest absolute Gasteiger partial charge is 0.479 e. The van der Waals surface area contributed by atoms with Gasteiger partial charge in [0.25, 0.3) is 0 Å². The molecule has 1 atom stereocenters. The lowest BCUT2D eigenvalue weighted by Gasteiger charge is -2.19. The molecule has 0 aliphatic rings.